The Morgan fingerprint density at radius 2 is 2.39 bits per heavy atom. The number of ether oxygens (including phenoxy) is 1. The summed E-state index contributed by atoms with van der Waals surface area (Å²) < 4.78 is 6.82. The number of hydrogen-bond donors (Lipinski definition) is 1. The van der Waals surface area contributed by atoms with E-state index in [0.717, 1.165) is 0 Å². The van der Waals surface area contributed by atoms with E-state index in [1.54, 1.807) is 31.6 Å². The Labute approximate surface area is 142 Å². The van der Waals surface area contributed by atoms with Crippen molar-refractivity contribution in [1.82, 2.24) is 14.8 Å². The van der Waals surface area contributed by atoms with E-state index in [9.17, 15) is 4.79 Å². The van der Waals surface area contributed by atoms with E-state index in [4.69, 9.17) is 21.6 Å². The molecule has 1 aromatic carbocycles. The molecule has 1 amide bonds. The van der Waals surface area contributed by atoms with Crippen molar-refractivity contribution in [2.45, 2.75) is 11.7 Å². The lowest BCUT2D eigenvalue weighted by atomic mass is 10.2. The van der Waals surface area contributed by atoms with Crippen LogP contribution in [-0.4, -0.2) is 40.1 Å². The van der Waals surface area contributed by atoms with Crippen molar-refractivity contribution in [2.75, 3.05) is 24.8 Å². The zero-order valence-electron chi connectivity index (χ0n) is 12.3. The molecule has 0 saturated heterocycles. The molecule has 0 fully saturated rings. The van der Waals surface area contributed by atoms with Crippen LogP contribution in [0.4, 0.5) is 5.69 Å². The molecule has 0 saturated carbocycles. The second-order valence-corrected chi connectivity index (χ2v) is 5.79. The van der Waals surface area contributed by atoms with Crippen LogP contribution in [0.5, 0.6) is 0 Å². The van der Waals surface area contributed by atoms with Gasteiger partial charge in [-0.15, -0.1) is 10.2 Å². The maximum atomic E-state index is 12.0. The molecule has 23 heavy (non-hydrogen) atoms. The Hall–Kier alpha value is -2.08. The first kappa shape index (κ1) is 17.3. The summed E-state index contributed by atoms with van der Waals surface area (Å²) in [7, 11) is 1.62. The number of amides is 1. The fourth-order valence-electron chi connectivity index (χ4n) is 1.71. The number of hydrogen-bond acceptors (Lipinski definition) is 6. The van der Waals surface area contributed by atoms with Crippen LogP contribution in [0.3, 0.4) is 0 Å². The molecule has 2 aromatic rings. The highest BCUT2D eigenvalue weighted by Gasteiger charge is 2.10. The van der Waals surface area contributed by atoms with Crippen molar-refractivity contribution < 1.29 is 9.53 Å². The van der Waals surface area contributed by atoms with E-state index < -0.39 is 0 Å². The van der Waals surface area contributed by atoms with Gasteiger partial charge in [-0.2, -0.15) is 5.26 Å². The Morgan fingerprint density at radius 3 is 3.09 bits per heavy atom. The van der Waals surface area contributed by atoms with Crippen molar-refractivity contribution in [2.24, 2.45) is 0 Å². The van der Waals surface area contributed by atoms with E-state index in [1.807, 2.05) is 10.6 Å². The molecule has 0 unspecified atom stereocenters. The summed E-state index contributed by atoms with van der Waals surface area (Å²) in [6.07, 6.45) is 1.60. The number of aromatic nitrogens is 3. The standard InChI is InChI=1S/C14H14ClN5O2S/c1-22-5-4-20-9-17-19-14(20)23-8-13(21)18-11-3-2-10(7-16)12(15)6-11/h2-3,6,9H,4-5,8H2,1H3,(H,18,21). The summed E-state index contributed by atoms with van der Waals surface area (Å²) >= 11 is 7.21. The molecule has 2 rings (SSSR count). The molecule has 0 aliphatic heterocycles. The summed E-state index contributed by atoms with van der Waals surface area (Å²) in [4.78, 5) is 12.0. The van der Waals surface area contributed by atoms with Crippen molar-refractivity contribution >= 4 is 35.0 Å². The molecule has 1 heterocycles. The molecule has 0 spiro atoms. The monoisotopic (exact) mass is 351 g/mol. The number of thioether (sulfide) groups is 1. The van der Waals surface area contributed by atoms with Gasteiger partial charge in [0, 0.05) is 19.3 Å². The maximum absolute atomic E-state index is 12.0. The molecular formula is C14H14ClN5O2S. The van der Waals surface area contributed by atoms with Crippen molar-refractivity contribution in [3.8, 4) is 6.07 Å². The molecule has 1 aromatic heterocycles. The average molecular weight is 352 g/mol. The largest absolute Gasteiger partial charge is 0.383 e. The van der Waals surface area contributed by atoms with Crippen molar-refractivity contribution in [3.63, 3.8) is 0 Å². The first-order valence-electron chi connectivity index (χ1n) is 6.63. The molecule has 0 radical (unpaired) electrons. The second kappa shape index (κ2) is 8.53. The molecular weight excluding hydrogens is 338 g/mol. The molecule has 0 aliphatic carbocycles. The van der Waals surface area contributed by atoms with Gasteiger partial charge in [0.1, 0.15) is 12.4 Å². The SMILES string of the molecule is COCCn1cnnc1SCC(=O)Nc1ccc(C#N)c(Cl)c1. The average Bonchev–Trinajstić information content (AvgIpc) is 2.98. The van der Waals surface area contributed by atoms with E-state index in [1.165, 1.54) is 11.8 Å². The molecule has 7 nitrogen and oxygen atoms in total. The second-order valence-electron chi connectivity index (χ2n) is 4.44. The first-order valence-corrected chi connectivity index (χ1v) is 7.99. The third kappa shape index (κ3) is 4.96. The van der Waals surface area contributed by atoms with E-state index in [2.05, 4.69) is 15.5 Å². The van der Waals surface area contributed by atoms with Crippen LogP contribution < -0.4 is 5.32 Å². The van der Waals surface area contributed by atoms with Crippen molar-refractivity contribution in [1.29, 1.82) is 5.26 Å². The van der Waals surface area contributed by atoms with Crippen LogP contribution in [0.15, 0.2) is 29.7 Å². The Kier molecular flexibility index (Phi) is 6.40. The van der Waals surface area contributed by atoms with Crippen LogP contribution in [0.2, 0.25) is 5.02 Å². The fraction of sp³-hybridized carbons (Fsp3) is 0.286. The molecule has 0 aliphatic rings. The summed E-state index contributed by atoms with van der Waals surface area (Å²) in [5, 5.41) is 20.3. The van der Waals surface area contributed by atoms with Gasteiger partial charge in [0.2, 0.25) is 5.91 Å². The minimum absolute atomic E-state index is 0.184. The van der Waals surface area contributed by atoms with Gasteiger partial charge in [-0.05, 0) is 18.2 Å². The number of nitrogens with zero attached hydrogens (tertiary/aromatic N) is 4. The van der Waals surface area contributed by atoms with Crippen LogP contribution in [0, 0.1) is 11.3 Å². The summed E-state index contributed by atoms with van der Waals surface area (Å²) in [5.41, 5.74) is 0.908. The Morgan fingerprint density at radius 1 is 1.57 bits per heavy atom. The van der Waals surface area contributed by atoms with Gasteiger partial charge < -0.3 is 14.6 Å². The number of nitrogens with one attached hydrogen (secondary N) is 1. The van der Waals surface area contributed by atoms with Crippen molar-refractivity contribution in [3.05, 3.63) is 35.1 Å². The molecule has 1 N–H and O–H groups in total. The molecule has 0 atom stereocenters. The predicted molar refractivity (Wildman–Crippen MR) is 87.4 cm³/mol. The lowest BCUT2D eigenvalue weighted by molar-refractivity contribution is -0.113. The number of halogens is 1. The van der Waals surface area contributed by atoms with E-state index in [0.29, 0.717) is 34.6 Å². The number of methoxy groups -OCH3 is 1. The molecule has 9 heteroatoms. The van der Waals surface area contributed by atoms with Crippen LogP contribution in [-0.2, 0) is 16.1 Å². The topological polar surface area (TPSA) is 92.8 Å². The summed E-state index contributed by atoms with van der Waals surface area (Å²) in [5.74, 6) is -0.0133. The summed E-state index contributed by atoms with van der Waals surface area (Å²) in [6, 6.07) is 6.71. The number of rotatable bonds is 7. The number of carbonyl (C=O) groups excluding carboxylic acids is 1. The van der Waals surface area contributed by atoms with Crippen LogP contribution in [0.25, 0.3) is 0 Å². The Bertz CT molecular complexity index is 728. The van der Waals surface area contributed by atoms with Crippen LogP contribution >= 0.6 is 23.4 Å². The molecule has 0 bridgehead atoms. The highest BCUT2D eigenvalue weighted by Crippen LogP contribution is 2.21. The zero-order chi connectivity index (χ0) is 16.7. The lowest BCUT2D eigenvalue weighted by Crippen LogP contribution is -2.15. The van der Waals surface area contributed by atoms with Gasteiger partial charge in [-0.25, -0.2) is 0 Å². The number of carbonyl (C=O) groups is 1. The fourth-order valence-corrected chi connectivity index (χ4v) is 2.67. The summed E-state index contributed by atoms with van der Waals surface area (Å²) in [6.45, 7) is 1.17. The van der Waals surface area contributed by atoms with Gasteiger partial charge in [-0.1, -0.05) is 23.4 Å². The highest BCUT2D eigenvalue weighted by molar-refractivity contribution is 7.99. The first-order chi connectivity index (χ1) is 11.1. The quantitative estimate of drug-likeness (QED) is 0.768. The van der Waals surface area contributed by atoms with Gasteiger partial charge in [0.15, 0.2) is 5.16 Å². The highest BCUT2D eigenvalue weighted by atomic mass is 35.5. The van der Waals surface area contributed by atoms with Gasteiger partial charge in [0.25, 0.3) is 0 Å². The lowest BCUT2D eigenvalue weighted by Gasteiger charge is -2.07. The van der Waals surface area contributed by atoms with E-state index in [-0.39, 0.29) is 11.7 Å². The third-order valence-electron chi connectivity index (χ3n) is 2.82. The normalized spacial score (nSPS) is 10.3. The number of benzene rings is 1. The van der Waals surface area contributed by atoms with E-state index >= 15 is 0 Å². The van der Waals surface area contributed by atoms with Gasteiger partial charge >= 0.3 is 0 Å². The third-order valence-corrected chi connectivity index (χ3v) is 4.12. The minimum atomic E-state index is -0.197. The number of anilines is 1. The number of nitriles is 1. The van der Waals surface area contributed by atoms with Crippen LogP contribution in [0.1, 0.15) is 5.56 Å². The zero-order valence-corrected chi connectivity index (χ0v) is 13.9. The van der Waals surface area contributed by atoms with Gasteiger partial charge in [-0.3, -0.25) is 4.79 Å². The molecule has 120 valence electrons. The maximum Gasteiger partial charge on any atom is 0.234 e. The Balaban J connectivity index is 1.89. The predicted octanol–water partition coefficient (Wildman–Crippen LogP) is 2.18. The van der Waals surface area contributed by atoms with Gasteiger partial charge in [0.05, 0.1) is 22.9 Å². The minimum Gasteiger partial charge on any atom is -0.383 e. The smallest absolute Gasteiger partial charge is 0.234 e.